The molecule has 2 N–H and O–H groups in total. The highest BCUT2D eigenvalue weighted by Gasteiger charge is 2.32. The van der Waals surface area contributed by atoms with E-state index in [1.807, 2.05) is 6.92 Å². The smallest absolute Gasteiger partial charge is 0.342 e. The summed E-state index contributed by atoms with van der Waals surface area (Å²) in [6.07, 6.45) is -3.32. The maximum Gasteiger partial charge on any atom is 0.416 e. The lowest BCUT2D eigenvalue weighted by Gasteiger charge is -2.16. The van der Waals surface area contributed by atoms with E-state index in [1.165, 1.54) is 19.3 Å². The summed E-state index contributed by atoms with van der Waals surface area (Å²) in [5.74, 6) is -0.782. The second kappa shape index (κ2) is 7.54. The van der Waals surface area contributed by atoms with Crippen LogP contribution in [-0.4, -0.2) is 26.6 Å². The van der Waals surface area contributed by atoms with Crippen molar-refractivity contribution in [1.29, 1.82) is 0 Å². The van der Waals surface area contributed by atoms with Crippen molar-refractivity contribution in [1.82, 2.24) is 20.1 Å². The van der Waals surface area contributed by atoms with Gasteiger partial charge in [-0.15, -0.1) is 0 Å². The number of carbonyl (C=O) groups excluding carboxylic acids is 2. The number of carbonyl (C=O) groups is 2. The molecule has 1 aromatic carbocycles. The Kier molecular flexibility index (Phi) is 5.63. The third-order valence-electron chi connectivity index (χ3n) is 3.52. The Bertz CT molecular complexity index is 816. The third-order valence-corrected chi connectivity index (χ3v) is 3.52. The molecule has 1 aromatic heterocycles. The molecule has 0 saturated carbocycles. The molecule has 0 spiro atoms. The zero-order valence-corrected chi connectivity index (χ0v) is 14.4. The third kappa shape index (κ3) is 4.58. The average Bonchev–Trinajstić information content (AvgIpc) is 3.01. The summed E-state index contributed by atoms with van der Waals surface area (Å²) < 4.78 is 40.8. The van der Waals surface area contributed by atoms with Crippen LogP contribution in [0.3, 0.4) is 0 Å². The van der Waals surface area contributed by atoms with Gasteiger partial charge in [-0.25, -0.2) is 9.67 Å². The van der Waals surface area contributed by atoms with Gasteiger partial charge in [0, 0.05) is 24.7 Å². The number of anilines is 1. The van der Waals surface area contributed by atoms with Crippen LogP contribution in [0.25, 0.3) is 0 Å². The fourth-order valence-electron chi connectivity index (χ4n) is 2.39. The van der Waals surface area contributed by atoms with E-state index in [0.29, 0.717) is 12.4 Å². The van der Waals surface area contributed by atoms with E-state index in [-0.39, 0.29) is 11.3 Å². The molecular formula is C16H18F3N5O2. The van der Waals surface area contributed by atoms with E-state index in [9.17, 15) is 22.8 Å². The van der Waals surface area contributed by atoms with Gasteiger partial charge in [0.15, 0.2) is 0 Å². The Labute approximate surface area is 147 Å². The number of hydrogen-bond donors (Lipinski definition) is 2. The molecule has 7 nitrogen and oxygen atoms in total. The SMILES string of the molecule is CCn1ncnc1C(C)NC(=O)c1cc(NC(C)=O)cc(C(F)(F)F)c1. The van der Waals surface area contributed by atoms with Crippen molar-refractivity contribution in [2.24, 2.45) is 0 Å². The van der Waals surface area contributed by atoms with Crippen molar-refractivity contribution in [2.45, 2.75) is 39.5 Å². The topological polar surface area (TPSA) is 88.9 Å². The maximum atomic E-state index is 13.1. The van der Waals surface area contributed by atoms with E-state index in [4.69, 9.17) is 0 Å². The number of benzene rings is 1. The highest BCUT2D eigenvalue weighted by molar-refractivity contribution is 5.97. The molecule has 140 valence electrons. The monoisotopic (exact) mass is 369 g/mol. The summed E-state index contributed by atoms with van der Waals surface area (Å²) in [4.78, 5) is 27.6. The Morgan fingerprint density at radius 3 is 2.54 bits per heavy atom. The molecule has 0 aliphatic carbocycles. The number of halogens is 3. The first-order valence-electron chi connectivity index (χ1n) is 7.80. The summed E-state index contributed by atoms with van der Waals surface area (Å²) >= 11 is 0. The first-order chi connectivity index (χ1) is 12.1. The van der Waals surface area contributed by atoms with Crippen LogP contribution in [0.4, 0.5) is 18.9 Å². The number of rotatable bonds is 5. The van der Waals surface area contributed by atoms with Crippen molar-refractivity contribution >= 4 is 17.5 Å². The normalized spacial score (nSPS) is 12.5. The number of hydrogen-bond acceptors (Lipinski definition) is 4. The number of amides is 2. The minimum Gasteiger partial charge on any atom is -0.342 e. The predicted molar refractivity (Wildman–Crippen MR) is 87.3 cm³/mol. The van der Waals surface area contributed by atoms with Gasteiger partial charge in [-0.1, -0.05) is 0 Å². The highest BCUT2D eigenvalue weighted by Crippen LogP contribution is 2.32. The van der Waals surface area contributed by atoms with E-state index in [0.717, 1.165) is 12.1 Å². The van der Waals surface area contributed by atoms with Crippen molar-refractivity contribution in [3.8, 4) is 0 Å². The fourth-order valence-corrected chi connectivity index (χ4v) is 2.39. The summed E-state index contributed by atoms with van der Waals surface area (Å²) in [6.45, 7) is 5.20. The van der Waals surface area contributed by atoms with Crippen molar-refractivity contribution in [3.63, 3.8) is 0 Å². The minimum atomic E-state index is -4.66. The standard InChI is InChI=1S/C16H18F3N5O2/c1-4-24-14(20-8-21-24)9(2)22-15(26)11-5-12(16(17,18)19)7-13(6-11)23-10(3)25/h5-9H,4H2,1-3H3,(H,22,26)(H,23,25). The van der Waals surface area contributed by atoms with Gasteiger partial charge in [-0.2, -0.15) is 18.3 Å². The van der Waals surface area contributed by atoms with Gasteiger partial charge < -0.3 is 10.6 Å². The second-order valence-corrected chi connectivity index (χ2v) is 5.61. The van der Waals surface area contributed by atoms with Crippen LogP contribution in [-0.2, 0) is 17.5 Å². The zero-order chi connectivity index (χ0) is 19.5. The van der Waals surface area contributed by atoms with Crippen molar-refractivity contribution < 1.29 is 22.8 Å². The predicted octanol–water partition coefficient (Wildman–Crippen LogP) is 2.77. The minimum absolute atomic E-state index is 0.109. The molecule has 26 heavy (non-hydrogen) atoms. The molecule has 0 fully saturated rings. The van der Waals surface area contributed by atoms with Crippen LogP contribution < -0.4 is 10.6 Å². The lowest BCUT2D eigenvalue weighted by Crippen LogP contribution is -2.29. The van der Waals surface area contributed by atoms with E-state index < -0.39 is 29.6 Å². The van der Waals surface area contributed by atoms with E-state index in [2.05, 4.69) is 20.7 Å². The van der Waals surface area contributed by atoms with Gasteiger partial charge in [0.25, 0.3) is 5.91 Å². The first-order valence-corrected chi connectivity index (χ1v) is 7.80. The van der Waals surface area contributed by atoms with Crippen LogP contribution in [0.15, 0.2) is 24.5 Å². The Balaban J connectivity index is 2.30. The second-order valence-electron chi connectivity index (χ2n) is 5.61. The van der Waals surface area contributed by atoms with Gasteiger partial charge in [-0.3, -0.25) is 9.59 Å². The van der Waals surface area contributed by atoms with Gasteiger partial charge in [0.05, 0.1) is 11.6 Å². The molecule has 0 radical (unpaired) electrons. The Morgan fingerprint density at radius 1 is 1.27 bits per heavy atom. The Hall–Kier alpha value is -2.91. The molecule has 1 atom stereocenters. The summed E-state index contributed by atoms with van der Waals surface area (Å²) in [7, 11) is 0. The van der Waals surface area contributed by atoms with Gasteiger partial charge in [-0.05, 0) is 32.0 Å². The molecule has 0 bridgehead atoms. The molecule has 2 rings (SSSR count). The molecule has 0 saturated heterocycles. The molecule has 1 heterocycles. The van der Waals surface area contributed by atoms with Crippen LogP contribution >= 0.6 is 0 Å². The molecule has 0 aliphatic heterocycles. The molecule has 10 heteroatoms. The lowest BCUT2D eigenvalue weighted by molar-refractivity contribution is -0.137. The van der Waals surface area contributed by atoms with Gasteiger partial charge in [0.2, 0.25) is 5.91 Å². The van der Waals surface area contributed by atoms with E-state index >= 15 is 0 Å². The van der Waals surface area contributed by atoms with Crippen LogP contribution in [0, 0.1) is 0 Å². The fraction of sp³-hybridized carbons (Fsp3) is 0.375. The summed E-state index contributed by atoms with van der Waals surface area (Å²) in [5.41, 5.74) is -1.36. The van der Waals surface area contributed by atoms with E-state index in [1.54, 1.807) is 11.6 Å². The number of nitrogens with one attached hydrogen (secondary N) is 2. The number of aromatic nitrogens is 3. The van der Waals surface area contributed by atoms with Crippen molar-refractivity contribution in [3.05, 3.63) is 41.5 Å². The van der Waals surface area contributed by atoms with Crippen LogP contribution in [0.2, 0.25) is 0 Å². The molecule has 2 amide bonds. The summed E-state index contributed by atoms with van der Waals surface area (Å²) in [6, 6.07) is 2.12. The Morgan fingerprint density at radius 2 is 1.96 bits per heavy atom. The average molecular weight is 369 g/mol. The van der Waals surface area contributed by atoms with Gasteiger partial charge in [0.1, 0.15) is 12.2 Å². The quantitative estimate of drug-likeness (QED) is 0.848. The zero-order valence-electron chi connectivity index (χ0n) is 14.4. The number of nitrogens with zero attached hydrogens (tertiary/aromatic N) is 3. The summed E-state index contributed by atoms with van der Waals surface area (Å²) in [5, 5.41) is 8.84. The molecule has 1 unspecified atom stereocenters. The van der Waals surface area contributed by atoms with Gasteiger partial charge >= 0.3 is 6.18 Å². The maximum absolute atomic E-state index is 13.1. The molecule has 2 aromatic rings. The van der Waals surface area contributed by atoms with Crippen molar-refractivity contribution in [2.75, 3.05) is 5.32 Å². The lowest BCUT2D eigenvalue weighted by atomic mass is 10.1. The number of aryl methyl sites for hydroxylation is 1. The molecular weight excluding hydrogens is 351 g/mol. The first kappa shape index (κ1) is 19.4. The molecule has 0 aliphatic rings. The van der Waals surface area contributed by atoms with Crippen LogP contribution in [0.5, 0.6) is 0 Å². The largest absolute Gasteiger partial charge is 0.416 e. The number of alkyl halides is 3. The van der Waals surface area contributed by atoms with Crippen LogP contribution in [0.1, 0.15) is 48.6 Å². The highest BCUT2D eigenvalue weighted by atomic mass is 19.4.